The summed E-state index contributed by atoms with van der Waals surface area (Å²) in [5, 5.41) is 0. The maximum Gasteiger partial charge on any atom is 0.344 e. The molecule has 0 radical (unpaired) electrons. The lowest BCUT2D eigenvalue weighted by atomic mass is 10.1. The summed E-state index contributed by atoms with van der Waals surface area (Å²) in [6, 6.07) is 11.5. The van der Waals surface area contributed by atoms with Crippen molar-refractivity contribution in [1.82, 2.24) is 0 Å². The van der Waals surface area contributed by atoms with Crippen molar-refractivity contribution >= 4 is 27.5 Å². The third-order valence-electron chi connectivity index (χ3n) is 3.70. The monoisotopic (exact) mass is 405 g/mol. The van der Waals surface area contributed by atoms with Crippen LogP contribution in [0.25, 0.3) is 0 Å². The van der Waals surface area contributed by atoms with Crippen molar-refractivity contribution in [3.63, 3.8) is 0 Å². The van der Waals surface area contributed by atoms with Crippen molar-refractivity contribution in [3.8, 4) is 5.75 Å². The molecule has 0 aliphatic rings. The smallest absolute Gasteiger partial charge is 0.344 e. The lowest BCUT2D eigenvalue weighted by molar-refractivity contribution is -0.148. The van der Waals surface area contributed by atoms with E-state index in [1.54, 1.807) is 12.1 Å². The molecule has 0 aliphatic heterocycles. The van der Waals surface area contributed by atoms with Gasteiger partial charge in [-0.05, 0) is 68.3 Å². The standard InChI is InChI=1S/C20H23NO6S/c1-13-9-14(2)11-18(10-13)26-12-19(22)27-15(3)20(23)16-5-7-17(8-6-16)21-28(4,24)25/h5-11,15,21H,12H2,1-4H3/t15-/m1/s1. The number of benzene rings is 2. The van der Waals surface area contributed by atoms with Crippen molar-refractivity contribution in [2.75, 3.05) is 17.6 Å². The molecular formula is C20H23NO6S. The highest BCUT2D eigenvalue weighted by Crippen LogP contribution is 2.17. The van der Waals surface area contributed by atoms with Crippen LogP contribution < -0.4 is 9.46 Å². The summed E-state index contributed by atoms with van der Waals surface area (Å²) in [4.78, 5) is 24.4. The average Bonchev–Trinajstić information content (AvgIpc) is 2.58. The molecule has 1 N–H and O–H groups in total. The number of carbonyl (C=O) groups excluding carboxylic acids is 2. The van der Waals surface area contributed by atoms with E-state index in [4.69, 9.17) is 9.47 Å². The number of ketones is 1. The number of rotatable bonds is 8. The molecule has 0 heterocycles. The Labute approximate surface area is 164 Å². The zero-order chi connectivity index (χ0) is 20.9. The largest absolute Gasteiger partial charge is 0.482 e. The van der Waals surface area contributed by atoms with Gasteiger partial charge in [-0.15, -0.1) is 0 Å². The minimum Gasteiger partial charge on any atom is -0.482 e. The third-order valence-corrected chi connectivity index (χ3v) is 4.31. The van der Waals surface area contributed by atoms with Gasteiger partial charge in [0.1, 0.15) is 5.75 Å². The lowest BCUT2D eigenvalue weighted by Gasteiger charge is -2.13. The molecule has 1 atom stereocenters. The molecule has 0 unspecified atom stereocenters. The Morgan fingerprint density at radius 2 is 1.61 bits per heavy atom. The molecule has 0 spiro atoms. The summed E-state index contributed by atoms with van der Waals surface area (Å²) in [6.45, 7) is 5.02. The van der Waals surface area contributed by atoms with E-state index in [9.17, 15) is 18.0 Å². The van der Waals surface area contributed by atoms with Gasteiger partial charge in [-0.2, -0.15) is 0 Å². The fraction of sp³-hybridized carbons (Fsp3) is 0.300. The van der Waals surface area contributed by atoms with Gasteiger partial charge >= 0.3 is 5.97 Å². The van der Waals surface area contributed by atoms with Crippen LogP contribution in [0.15, 0.2) is 42.5 Å². The minimum atomic E-state index is -3.40. The van der Waals surface area contributed by atoms with E-state index in [-0.39, 0.29) is 6.61 Å². The molecule has 0 aliphatic carbocycles. The maximum absolute atomic E-state index is 12.4. The molecule has 2 aromatic carbocycles. The Morgan fingerprint density at radius 3 is 2.14 bits per heavy atom. The van der Waals surface area contributed by atoms with E-state index >= 15 is 0 Å². The molecule has 0 amide bonds. The number of Topliss-reactive ketones (excluding diaryl/α,β-unsaturated/α-hetero) is 1. The highest BCUT2D eigenvalue weighted by Gasteiger charge is 2.20. The second-order valence-electron chi connectivity index (χ2n) is 6.56. The highest BCUT2D eigenvalue weighted by atomic mass is 32.2. The molecule has 0 saturated carbocycles. The van der Waals surface area contributed by atoms with Gasteiger partial charge in [0.05, 0.1) is 6.26 Å². The van der Waals surface area contributed by atoms with E-state index in [2.05, 4.69) is 4.72 Å². The number of ether oxygens (including phenoxy) is 2. The predicted molar refractivity (Wildman–Crippen MR) is 106 cm³/mol. The van der Waals surface area contributed by atoms with Crippen molar-refractivity contribution in [1.29, 1.82) is 0 Å². The fourth-order valence-electron chi connectivity index (χ4n) is 2.59. The van der Waals surface area contributed by atoms with Crippen molar-refractivity contribution in [2.24, 2.45) is 0 Å². The Balaban J connectivity index is 1.91. The summed E-state index contributed by atoms with van der Waals surface area (Å²) in [5.41, 5.74) is 2.67. The van der Waals surface area contributed by atoms with Gasteiger partial charge in [-0.3, -0.25) is 9.52 Å². The Morgan fingerprint density at radius 1 is 1.04 bits per heavy atom. The van der Waals surface area contributed by atoms with Crippen molar-refractivity contribution in [3.05, 3.63) is 59.2 Å². The molecule has 0 aromatic heterocycles. The number of esters is 1. The second kappa shape index (κ2) is 8.88. The summed E-state index contributed by atoms with van der Waals surface area (Å²) in [7, 11) is -3.40. The number of hydrogen-bond donors (Lipinski definition) is 1. The first-order chi connectivity index (χ1) is 13.0. The zero-order valence-corrected chi connectivity index (χ0v) is 17.0. The highest BCUT2D eigenvalue weighted by molar-refractivity contribution is 7.92. The number of carbonyl (C=O) groups is 2. The van der Waals surface area contributed by atoms with Gasteiger partial charge in [0.15, 0.2) is 12.7 Å². The molecule has 0 fully saturated rings. The molecule has 0 saturated heterocycles. The van der Waals surface area contributed by atoms with E-state index in [1.807, 2.05) is 19.9 Å². The first-order valence-corrected chi connectivity index (χ1v) is 10.5. The van der Waals surface area contributed by atoms with Gasteiger partial charge in [-0.1, -0.05) is 6.07 Å². The fourth-order valence-corrected chi connectivity index (χ4v) is 3.16. The third kappa shape index (κ3) is 6.70. The van der Waals surface area contributed by atoms with Crippen molar-refractivity contribution < 1.29 is 27.5 Å². The van der Waals surface area contributed by atoms with Crippen LogP contribution in [-0.4, -0.2) is 39.1 Å². The van der Waals surface area contributed by atoms with Crippen LogP contribution in [0.2, 0.25) is 0 Å². The summed E-state index contributed by atoms with van der Waals surface area (Å²) in [6.07, 6.45) is 0.0392. The van der Waals surface area contributed by atoms with Crippen LogP contribution in [0.5, 0.6) is 5.75 Å². The quantitative estimate of drug-likeness (QED) is 0.536. The van der Waals surface area contributed by atoms with E-state index in [0.717, 1.165) is 17.4 Å². The number of anilines is 1. The first-order valence-electron chi connectivity index (χ1n) is 8.56. The summed E-state index contributed by atoms with van der Waals surface area (Å²) < 4.78 is 35.3. The molecule has 150 valence electrons. The maximum atomic E-state index is 12.4. The number of nitrogens with one attached hydrogen (secondary N) is 1. The van der Waals surface area contributed by atoms with Gasteiger partial charge < -0.3 is 9.47 Å². The Kier molecular flexibility index (Phi) is 6.80. The molecule has 2 aromatic rings. The molecule has 8 heteroatoms. The zero-order valence-electron chi connectivity index (χ0n) is 16.2. The SMILES string of the molecule is Cc1cc(C)cc(OCC(=O)O[C@H](C)C(=O)c2ccc(NS(C)(=O)=O)cc2)c1. The molecular weight excluding hydrogens is 382 g/mol. The molecule has 7 nitrogen and oxygen atoms in total. The van der Waals surface area contributed by atoms with Crippen LogP contribution in [-0.2, 0) is 19.6 Å². The second-order valence-corrected chi connectivity index (χ2v) is 8.31. The number of sulfonamides is 1. The lowest BCUT2D eigenvalue weighted by Crippen LogP contribution is -2.27. The van der Waals surface area contributed by atoms with Gasteiger partial charge in [0.25, 0.3) is 0 Å². The minimum absolute atomic E-state index is 0.301. The van der Waals surface area contributed by atoms with E-state index in [1.165, 1.54) is 31.2 Å². The number of aryl methyl sites for hydroxylation is 2. The van der Waals surface area contributed by atoms with E-state index < -0.39 is 27.9 Å². The Bertz CT molecular complexity index is 946. The molecule has 2 rings (SSSR count). The van der Waals surface area contributed by atoms with Crippen LogP contribution in [0, 0.1) is 13.8 Å². The van der Waals surface area contributed by atoms with Crippen LogP contribution in [0.1, 0.15) is 28.4 Å². The van der Waals surface area contributed by atoms with Crippen LogP contribution in [0.4, 0.5) is 5.69 Å². The van der Waals surface area contributed by atoms with Crippen LogP contribution in [0.3, 0.4) is 0 Å². The summed E-state index contributed by atoms with van der Waals surface area (Å²) in [5.74, 6) is -0.497. The van der Waals surface area contributed by atoms with Crippen molar-refractivity contribution in [2.45, 2.75) is 26.9 Å². The van der Waals surface area contributed by atoms with Gasteiger partial charge in [0, 0.05) is 11.3 Å². The topological polar surface area (TPSA) is 98.8 Å². The van der Waals surface area contributed by atoms with Gasteiger partial charge in [0.2, 0.25) is 15.8 Å². The summed E-state index contributed by atoms with van der Waals surface area (Å²) >= 11 is 0. The van der Waals surface area contributed by atoms with Gasteiger partial charge in [-0.25, -0.2) is 13.2 Å². The average molecular weight is 405 g/mol. The normalized spacial score (nSPS) is 12.1. The Hall–Kier alpha value is -2.87. The van der Waals surface area contributed by atoms with E-state index in [0.29, 0.717) is 17.0 Å². The first kappa shape index (κ1) is 21.4. The molecule has 28 heavy (non-hydrogen) atoms. The van der Waals surface area contributed by atoms with Crippen LogP contribution >= 0.6 is 0 Å². The number of hydrogen-bond acceptors (Lipinski definition) is 6. The molecule has 0 bridgehead atoms. The predicted octanol–water partition coefficient (Wildman–Crippen LogP) is 2.87.